The maximum atomic E-state index is 10.7. The molecule has 0 spiro atoms. The summed E-state index contributed by atoms with van der Waals surface area (Å²) in [5, 5.41) is 32.5. The van der Waals surface area contributed by atoms with Crippen molar-refractivity contribution in [3.05, 3.63) is 60.2 Å². The Hall–Kier alpha value is -2.38. The monoisotopic (exact) mass is 511 g/mol. The third-order valence-electron chi connectivity index (χ3n) is 3.96. The van der Waals surface area contributed by atoms with E-state index in [4.69, 9.17) is 18.6 Å². The number of hydrogen-bond donors (Lipinski definition) is 3. The molecule has 0 aliphatic carbocycles. The van der Waals surface area contributed by atoms with Crippen LogP contribution in [-0.4, -0.2) is 23.7 Å². The number of aromatic hydroxyl groups is 1. The van der Waals surface area contributed by atoms with Gasteiger partial charge in [0, 0.05) is 5.39 Å². The molecule has 0 saturated carbocycles. The van der Waals surface area contributed by atoms with Crippen molar-refractivity contribution in [3.63, 3.8) is 0 Å². The molecule has 3 aromatic carbocycles. The molecular weight excluding hydrogens is 480 g/mol. The number of phenols is 1. The fourth-order valence-electron chi connectivity index (χ4n) is 2.39. The number of azo groups is 1. The lowest BCUT2D eigenvalue weighted by molar-refractivity contribution is -0.432. The van der Waals surface area contributed by atoms with E-state index >= 15 is 0 Å². The zero-order chi connectivity index (χ0) is 25.9. The molecule has 0 amide bonds. The van der Waals surface area contributed by atoms with Gasteiger partial charge in [-0.15, -0.1) is 9.45 Å². The minimum Gasteiger partial charge on any atom is -0.750 e. The van der Waals surface area contributed by atoms with Gasteiger partial charge in [-0.3, -0.25) is 0 Å². The minimum atomic E-state index is -2.86. The predicted octanol–water partition coefficient (Wildman–Crippen LogP) is 7.87. The standard InChI is InChI=1S/C17H14N2O4S.C4H10.C2H6.H2O3S/c1-11-6-5-7-12-10-14(24-23-22-21)16(17(20)15(11)12)19-18-13-8-3-2-4-9-13;1-3-4-2;1-2;1-4(2)3/h2-10,20-21H,1H3;3-4H2,1-2H3;1-2H3;(H2,1,2,3)/p-1. The van der Waals surface area contributed by atoms with Gasteiger partial charge in [0.15, 0.2) is 5.75 Å². The van der Waals surface area contributed by atoms with Gasteiger partial charge in [0.1, 0.15) is 5.69 Å². The number of hydrogen-bond acceptors (Lipinski definition) is 9. The number of rotatable bonds is 6. The second-order valence-electron chi connectivity index (χ2n) is 6.22. The zero-order valence-electron chi connectivity index (χ0n) is 19.8. The van der Waals surface area contributed by atoms with Crippen LogP contribution < -0.4 is 0 Å². The van der Waals surface area contributed by atoms with E-state index < -0.39 is 11.4 Å². The zero-order valence-corrected chi connectivity index (χ0v) is 21.4. The van der Waals surface area contributed by atoms with E-state index in [1.165, 1.54) is 12.8 Å². The highest BCUT2D eigenvalue weighted by Gasteiger charge is 2.16. The molecule has 3 aromatic rings. The largest absolute Gasteiger partial charge is 0.750 e. The van der Waals surface area contributed by atoms with E-state index in [1.54, 1.807) is 18.2 Å². The third-order valence-corrected chi connectivity index (χ3v) is 4.58. The van der Waals surface area contributed by atoms with Crippen molar-refractivity contribution in [2.24, 2.45) is 10.2 Å². The van der Waals surface area contributed by atoms with Crippen molar-refractivity contribution in [2.45, 2.75) is 52.4 Å². The average molecular weight is 512 g/mol. The molecule has 0 heterocycles. The van der Waals surface area contributed by atoms with Gasteiger partial charge in [-0.05, 0) is 36.1 Å². The lowest BCUT2D eigenvalue weighted by atomic mass is 10.0. The predicted molar refractivity (Wildman–Crippen MR) is 135 cm³/mol. The van der Waals surface area contributed by atoms with E-state index in [2.05, 4.69) is 33.4 Å². The molecule has 1 atom stereocenters. The van der Waals surface area contributed by atoms with Crippen LogP contribution in [0.2, 0.25) is 0 Å². The maximum Gasteiger partial charge on any atom is 0.152 e. The van der Waals surface area contributed by atoms with Gasteiger partial charge in [-0.2, -0.15) is 5.11 Å². The van der Waals surface area contributed by atoms with Crippen LogP contribution in [0, 0.1) is 6.92 Å². The van der Waals surface area contributed by atoms with E-state index in [0.717, 1.165) is 23.0 Å². The Morgan fingerprint density at radius 2 is 1.62 bits per heavy atom. The number of phenolic OH excluding ortho intramolecular Hbond substituents is 1. The Bertz CT molecular complexity index is 1010. The topological polar surface area (TPSA) is 144 Å². The van der Waals surface area contributed by atoms with Gasteiger partial charge in [-0.1, -0.05) is 82.0 Å². The summed E-state index contributed by atoms with van der Waals surface area (Å²) in [6, 6.07) is 16.6. The number of fused-ring (bicyclic) bond motifs is 1. The summed E-state index contributed by atoms with van der Waals surface area (Å²) in [5.74, 6) is -0.00526. The molecule has 3 N–H and O–H groups in total. The van der Waals surface area contributed by atoms with Gasteiger partial charge >= 0.3 is 0 Å². The van der Waals surface area contributed by atoms with E-state index in [-0.39, 0.29) is 11.4 Å². The molecule has 11 heteroatoms. The number of unbranched alkanes of at least 4 members (excludes halogenated alkanes) is 1. The summed E-state index contributed by atoms with van der Waals surface area (Å²) in [4.78, 5) is 0.458. The first kappa shape index (κ1) is 31.6. The Kier molecular flexibility index (Phi) is 17.7. The van der Waals surface area contributed by atoms with Crippen LogP contribution in [0.4, 0.5) is 11.4 Å². The molecule has 0 aliphatic heterocycles. The third kappa shape index (κ3) is 11.7. The van der Waals surface area contributed by atoms with Crippen molar-refractivity contribution in [1.82, 2.24) is 0 Å². The van der Waals surface area contributed by atoms with Gasteiger partial charge in [0.25, 0.3) is 0 Å². The lowest BCUT2D eigenvalue weighted by Crippen LogP contribution is -1.85. The van der Waals surface area contributed by atoms with Crippen LogP contribution in [0.1, 0.15) is 46.1 Å². The van der Waals surface area contributed by atoms with Gasteiger partial charge < -0.3 is 14.2 Å². The first-order valence-electron chi connectivity index (χ1n) is 10.5. The highest BCUT2D eigenvalue weighted by atomic mass is 32.2. The van der Waals surface area contributed by atoms with Gasteiger partial charge in [0.05, 0.1) is 34.0 Å². The van der Waals surface area contributed by atoms with Crippen LogP contribution in [-0.2, 0) is 20.7 Å². The quantitative estimate of drug-likeness (QED) is 0.0996. The van der Waals surface area contributed by atoms with E-state index in [1.807, 2.05) is 57.2 Å². The van der Waals surface area contributed by atoms with E-state index in [9.17, 15) is 5.11 Å². The molecule has 0 saturated heterocycles. The summed E-state index contributed by atoms with van der Waals surface area (Å²) in [6.07, 6.45) is 2.64. The second kappa shape index (κ2) is 19.0. The Morgan fingerprint density at radius 3 is 2.15 bits per heavy atom. The Morgan fingerprint density at radius 1 is 1.03 bits per heavy atom. The first-order chi connectivity index (χ1) is 16.3. The van der Waals surface area contributed by atoms with Crippen LogP contribution in [0.25, 0.3) is 10.8 Å². The lowest BCUT2D eigenvalue weighted by Gasteiger charge is -2.10. The summed E-state index contributed by atoms with van der Waals surface area (Å²) < 4.78 is 28.6. The second-order valence-corrected chi connectivity index (χ2v) is 7.40. The maximum absolute atomic E-state index is 10.7. The van der Waals surface area contributed by atoms with Crippen LogP contribution >= 0.6 is 12.0 Å². The molecule has 0 fully saturated rings. The van der Waals surface area contributed by atoms with Crippen molar-refractivity contribution < 1.29 is 33.1 Å². The smallest absolute Gasteiger partial charge is 0.152 e. The fraction of sp³-hybridized carbons (Fsp3) is 0.304. The Balaban J connectivity index is 0.000000934. The van der Waals surface area contributed by atoms with Crippen molar-refractivity contribution >= 4 is 45.6 Å². The summed E-state index contributed by atoms with van der Waals surface area (Å²) in [5.41, 5.74) is 1.80. The SMILES string of the molecule is CC.CCCC.Cc1cccc2cc(SOOO)c(N=Nc3ccccc3)c(O)c12.O=S([O-])O. The minimum absolute atomic E-state index is 0.00526. The normalized spacial score (nSPS) is 10.9. The molecule has 34 heavy (non-hydrogen) atoms. The fourth-order valence-corrected chi connectivity index (χ4v) is 2.89. The number of nitrogens with zero attached hydrogens (tertiary/aromatic N) is 2. The van der Waals surface area contributed by atoms with Crippen LogP contribution in [0.15, 0.2) is 69.7 Å². The number of benzene rings is 3. The molecule has 0 aromatic heterocycles. The van der Waals surface area contributed by atoms with Crippen molar-refractivity contribution in [3.8, 4) is 5.75 Å². The number of aryl methyl sites for hydroxylation is 1. The molecule has 0 radical (unpaired) electrons. The molecule has 9 nitrogen and oxygen atoms in total. The molecule has 3 rings (SSSR count). The molecule has 0 aliphatic rings. The van der Waals surface area contributed by atoms with Gasteiger partial charge in [-0.25, -0.2) is 9.47 Å². The summed E-state index contributed by atoms with van der Waals surface area (Å²) in [6.45, 7) is 10.3. The highest BCUT2D eigenvalue weighted by molar-refractivity contribution is 7.94. The highest BCUT2D eigenvalue weighted by Crippen LogP contribution is 2.44. The average Bonchev–Trinajstić information content (AvgIpc) is 2.84. The molecule has 188 valence electrons. The summed E-state index contributed by atoms with van der Waals surface area (Å²) >= 11 is -2.13. The first-order valence-corrected chi connectivity index (χ1v) is 12.3. The van der Waals surface area contributed by atoms with Crippen molar-refractivity contribution in [1.29, 1.82) is 0 Å². The summed E-state index contributed by atoms with van der Waals surface area (Å²) in [7, 11) is 0. The van der Waals surface area contributed by atoms with Crippen LogP contribution in [0.3, 0.4) is 0 Å². The Labute approximate surface area is 207 Å². The van der Waals surface area contributed by atoms with Crippen molar-refractivity contribution in [2.75, 3.05) is 0 Å². The molecule has 0 bridgehead atoms. The molecular formula is C23H31N2O7S2-. The van der Waals surface area contributed by atoms with Gasteiger partial charge in [0.2, 0.25) is 0 Å². The molecule has 1 unspecified atom stereocenters. The van der Waals surface area contributed by atoms with E-state index in [0.29, 0.717) is 16.0 Å². The van der Waals surface area contributed by atoms with Crippen LogP contribution in [0.5, 0.6) is 5.75 Å².